The molecule has 1 heterocycles. The number of nitrogens with zero attached hydrogens (tertiary/aromatic N) is 1. The predicted molar refractivity (Wildman–Crippen MR) is 154 cm³/mol. The number of nitrogens with one attached hydrogen (secondary N) is 1. The molecule has 196 valence electrons. The number of carbonyl (C=O) groups is 3. The minimum Gasteiger partial charge on any atom is -0.493 e. The second-order valence-corrected chi connectivity index (χ2v) is 10.1. The Hall–Kier alpha value is -4.43. The van der Waals surface area contributed by atoms with Crippen LogP contribution >= 0.6 is 15.9 Å². The summed E-state index contributed by atoms with van der Waals surface area (Å²) < 4.78 is 12.2. The van der Waals surface area contributed by atoms with Gasteiger partial charge >= 0.3 is 6.03 Å². The van der Waals surface area contributed by atoms with Crippen LogP contribution in [0.2, 0.25) is 0 Å². The molecule has 0 aliphatic carbocycles. The molecule has 1 aliphatic rings. The molecule has 0 aromatic heterocycles. The minimum absolute atomic E-state index is 0.180. The van der Waals surface area contributed by atoms with Gasteiger partial charge in [-0.3, -0.25) is 14.9 Å². The number of benzene rings is 4. The fourth-order valence-corrected chi connectivity index (χ4v) is 4.77. The molecule has 0 atom stereocenters. The second-order valence-electron chi connectivity index (χ2n) is 9.22. The Balaban J connectivity index is 1.43. The number of rotatable bonds is 6. The number of methoxy groups -OCH3 is 1. The number of hydrogen-bond donors (Lipinski definition) is 1. The summed E-state index contributed by atoms with van der Waals surface area (Å²) in [6.45, 7) is 4.15. The van der Waals surface area contributed by atoms with E-state index < -0.39 is 17.8 Å². The predicted octanol–water partition coefficient (Wildman–Crippen LogP) is 6.47. The van der Waals surface area contributed by atoms with Gasteiger partial charge in [0.1, 0.15) is 12.2 Å². The maximum Gasteiger partial charge on any atom is 0.335 e. The first kappa shape index (κ1) is 26.2. The van der Waals surface area contributed by atoms with Crippen molar-refractivity contribution in [3.8, 4) is 11.5 Å². The number of urea groups is 1. The monoisotopic (exact) mass is 584 g/mol. The molecule has 1 saturated heterocycles. The molecule has 1 aliphatic heterocycles. The van der Waals surface area contributed by atoms with Crippen molar-refractivity contribution < 1.29 is 23.9 Å². The van der Waals surface area contributed by atoms with Crippen molar-refractivity contribution in [2.45, 2.75) is 20.5 Å². The average molecular weight is 585 g/mol. The van der Waals surface area contributed by atoms with E-state index in [1.54, 1.807) is 24.3 Å². The lowest BCUT2D eigenvalue weighted by Gasteiger charge is -2.27. The van der Waals surface area contributed by atoms with Gasteiger partial charge < -0.3 is 9.47 Å². The van der Waals surface area contributed by atoms with Gasteiger partial charge in [-0.2, -0.15) is 0 Å². The van der Waals surface area contributed by atoms with Gasteiger partial charge in [0.15, 0.2) is 11.5 Å². The van der Waals surface area contributed by atoms with Gasteiger partial charge in [-0.25, -0.2) is 9.69 Å². The number of carbonyl (C=O) groups excluding carboxylic acids is 3. The molecule has 0 spiro atoms. The second kappa shape index (κ2) is 10.7. The molecule has 1 fully saturated rings. The van der Waals surface area contributed by atoms with Gasteiger partial charge in [0, 0.05) is 4.47 Å². The smallest absolute Gasteiger partial charge is 0.335 e. The van der Waals surface area contributed by atoms with Crippen LogP contribution in [0.4, 0.5) is 10.5 Å². The summed E-state index contributed by atoms with van der Waals surface area (Å²) in [5, 5.41) is 4.53. The standard InChI is InChI=1S/C31H25BrN2O5/c1-18-8-11-24(12-19(18)2)34-30(36)25(29(35)33-31(34)37)14-23-15-27(38-3)28(16-26(23)32)39-17-20-9-10-21-6-4-5-7-22(21)13-20/h4-16H,17H2,1-3H3,(H,33,35,37)/b25-14+. The summed E-state index contributed by atoms with van der Waals surface area (Å²) in [5.74, 6) is -0.565. The van der Waals surface area contributed by atoms with E-state index in [-0.39, 0.29) is 5.57 Å². The van der Waals surface area contributed by atoms with Gasteiger partial charge in [0.25, 0.3) is 11.8 Å². The molecule has 0 radical (unpaired) electrons. The third-order valence-corrected chi connectivity index (χ3v) is 7.33. The Morgan fingerprint density at radius 1 is 0.872 bits per heavy atom. The van der Waals surface area contributed by atoms with Crippen LogP contribution in [0.1, 0.15) is 22.3 Å². The van der Waals surface area contributed by atoms with Gasteiger partial charge in [-0.05, 0) is 83.3 Å². The van der Waals surface area contributed by atoms with Gasteiger partial charge in [0.2, 0.25) is 0 Å². The van der Waals surface area contributed by atoms with E-state index in [1.807, 2.05) is 38.1 Å². The zero-order valence-corrected chi connectivity index (χ0v) is 23.2. The highest BCUT2D eigenvalue weighted by atomic mass is 79.9. The highest BCUT2D eigenvalue weighted by molar-refractivity contribution is 9.10. The Bertz CT molecular complexity index is 1680. The largest absolute Gasteiger partial charge is 0.493 e. The maximum absolute atomic E-state index is 13.3. The third kappa shape index (κ3) is 5.28. The molecule has 39 heavy (non-hydrogen) atoms. The Morgan fingerprint density at radius 2 is 1.64 bits per heavy atom. The van der Waals surface area contributed by atoms with E-state index in [4.69, 9.17) is 9.47 Å². The molecule has 8 heteroatoms. The third-order valence-electron chi connectivity index (χ3n) is 6.64. The van der Waals surface area contributed by atoms with Crippen LogP contribution in [0.3, 0.4) is 0 Å². The summed E-state index contributed by atoms with van der Waals surface area (Å²) in [7, 11) is 1.52. The van der Waals surface area contributed by atoms with Crippen LogP contribution in [-0.4, -0.2) is 25.0 Å². The van der Waals surface area contributed by atoms with Crippen LogP contribution in [0, 0.1) is 13.8 Å². The van der Waals surface area contributed by atoms with Gasteiger partial charge in [0.05, 0.1) is 12.8 Å². The number of hydrogen-bond acceptors (Lipinski definition) is 5. The summed E-state index contributed by atoms with van der Waals surface area (Å²) in [4.78, 5) is 39.6. The quantitative estimate of drug-likeness (QED) is 0.207. The summed E-state index contributed by atoms with van der Waals surface area (Å²) >= 11 is 3.52. The maximum atomic E-state index is 13.3. The zero-order valence-electron chi connectivity index (χ0n) is 21.6. The van der Waals surface area contributed by atoms with E-state index in [0.717, 1.165) is 32.4 Å². The molecule has 7 nitrogen and oxygen atoms in total. The molecule has 0 unspecified atom stereocenters. The molecule has 0 saturated carbocycles. The molecule has 1 N–H and O–H groups in total. The number of halogens is 1. The number of aryl methyl sites for hydroxylation is 2. The first-order chi connectivity index (χ1) is 18.7. The average Bonchev–Trinajstić information content (AvgIpc) is 2.92. The molecule has 4 aromatic carbocycles. The Morgan fingerprint density at radius 3 is 2.38 bits per heavy atom. The van der Waals surface area contributed by atoms with Gasteiger partial charge in [-0.1, -0.05) is 58.4 Å². The summed E-state index contributed by atoms with van der Waals surface area (Å²) in [5.41, 5.74) is 3.65. The topological polar surface area (TPSA) is 84.9 Å². The van der Waals surface area contributed by atoms with Crippen molar-refractivity contribution >= 4 is 56.3 Å². The lowest BCUT2D eigenvalue weighted by atomic mass is 10.0. The zero-order chi connectivity index (χ0) is 27.7. The van der Waals surface area contributed by atoms with Crippen molar-refractivity contribution in [3.63, 3.8) is 0 Å². The molecule has 4 amide bonds. The fraction of sp³-hybridized carbons (Fsp3) is 0.129. The number of anilines is 1. The number of fused-ring (bicyclic) bond motifs is 1. The summed E-state index contributed by atoms with van der Waals surface area (Å²) in [6.07, 6.45) is 1.43. The fourth-order valence-electron chi connectivity index (χ4n) is 4.34. The van der Waals surface area contributed by atoms with Crippen LogP contribution in [0.5, 0.6) is 11.5 Å². The SMILES string of the molecule is COc1cc(/C=C2\C(=O)NC(=O)N(c3ccc(C)c(C)c3)C2=O)c(Br)cc1OCc1ccc2ccccc2c1. The normalized spacial score (nSPS) is 14.6. The van der Waals surface area contributed by atoms with Crippen molar-refractivity contribution in [2.24, 2.45) is 0 Å². The minimum atomic E-state index is -0.792. The van der Waals surface area contributed by atoms with Crippen LogP contribution in [0.25, 0.3) is 16.8 Å². The molecular formula is C31H25BrN2O5. The van der Waals surface area contributed by atoms with E-state index in [2.05, 4.69) is 45.5 Å². The molecular weight excluding hydrogens is 560 g/mol. The highest BCUT2D eigenvalue weighted by Gasteiger charge is 2.37. The van der Waals surface area contributed by atoms with E-state index in [9.17, 15) is 14.4 Å². The highest BCUT2D eigenvalue weighted by Crippen LogP contribution is 2.36. The Labute approximate surface area is 234 Å². The van der Waals surface area contributed by atoms with Crippen molar-refractivity contribution in [3.05, 3.63) is 105 Å². The van der Waals surface area contributed by atoms with Crippen LogP contribution < -0.4 is 19.7 Å². The first-order valence-electron chi connectivity index (χ1n) is 12.2. The lowest BCUT2D eigenvalue weighted by Crippen LogP contribution is -2.54. The van der Waals surface area contributed by atoms with Crippen molar-refractivity contribution in [2.75, 3.05) is 12.0 Å². The molecule has 4 aromatic rings. The number of ether oxygens (including phenoxy) is 2. The van der Waals surface area contributed by atoms with Gasteiger partial charge in [-0.15, -0.1) is 0 Å². The van der Waals surface area contributed by atoms with Crippen molar-refractivity contribution in [1.29, 1.82) is 0 Å². The molecule has 5 rings (SSSR count). The summed E-state index contributed by atoms with van der Waals surface area (Å²) in [6, 6.07) is 22.1. The van der Waals surface area contributed by atoms with Crippen LogP contribution in [0.15, 0.2) is 82.8 Å². The molecule has 0 bridgehead atoms. The number of barbiturate groups is 1. The lowest BCUT2D eigenvalue weighted by molar-refractivity contribution is -0.122. The number of amides is 4. The first-order valence-corrected chi connectivity index (χ1v) is 13.0. The van der Waals surface area contributed by atoms with E-state index >= 15 is 0 Å². The van der Waals surface area contributed by atoms with Crippen LogP contribution in [-0.2, 0) is 16.2 Å². The number of imide groups is 2. The van der Waals surface area contributed by atoms with E-state index in [0.29, 0.717) is 33.8 Å². The Kier molecular flexibility index (Phi) is 7.21. The van der Waals surface area contributed by atoms with Crippen molar-refractivity contribution in [1.82, 2.24) is 5.32 Å². The van der Waals surface area contributed by atoms with E-state index in [1.165, 1.54) is 13.2 Å².